The van der Waals surface area contributed by atoms with E-state index in [2.05, 4.69) is 14.6 Å². The topological polar surface area (TPSA) is 64.8 Å². The van der Waals surface area contributed by atoms with Crippen LogP contribution in [0.3, 0.4) is 0 Å². The summed E-state index contributed by atoms with van der Waals surface area (Å²) in [6.07, 6.45) is 7.51. The molecule has 0 aliphatic carbocycles. The van der Waals surface area contributed by atoms with Gasteiger partial charge in [0.05, 0.1) is 41.5 Å². The number of imidazole rings is 1. The van der Waals surface area contributed by atoms with Crippen LogP contribution in [-0.4, -0.2) is 31.5 Å². The fourth-order valence-electron chi connectivity index (χ4n) is 4.26. The molecule has 2 aliphatic heterocycles. The number of aromatic nitrogens is 4. The van der Waals surface area contributed by atoms with Gasteiger partial charge < -0.3 is 9.30 Å². The summed E-state index contributed by atoms with van der Waals surface area (Å²) < 4.78 is 9.90. The zero-order valence-electron chi connectivity index (χ0n) is 14.1. The molecule has 128 valence electrons. The van der Waals surface area contributed by atoms with Crippen LogP contribution < -0.4 is 5.56 Å². The van der Waals surface area contributed by atoms with E-state index in [1.165, 1.54) is 0 Å². The molecule has 25 heavy (non-hydrogen) atoms. The van der Waals surface area contributed by atoms with E-state index in [0.717, 1.165) is 36.2 Å². The van der Waals surface area contributed by atoms with Crippen LogP contribution in [-0.2, 0) is 11.8 Å². The lowest BCUT2D eigenvalue weighted by atomic mass is 9.94. The summed E-state index contributed by atoms with van der Waals surface area (Å²) in [6.45, 7) is 0. The van der Waals surface area contributed by atoms with E-state index >= 15 is 0 Å². The van der Waals surface area contributed by atoms with E-state index < -0.39 is 0 Å². The first-order chi connectivity index (χ1) is 12.2. The second-order valence-corrected chi connectivity index (χ2v) is 6.99. The first kappa shape index (κ1) is 14.7. The predicted octanol–water partition coefficient (Wildman–Crippen LogP) is 2.74. The highest BCUT2D eigenvalue weighted by Crippen LogP contribution is 2.44. The van der Waals surface area contributed by atoms with Gasteiger partial charge in [-0.2, -0.15) is 0 Å². The highest BCUT2D eigenvalue weighted by atomic mass is 16.5. The Kier molecular flexibility index (Phi) is 3.21. The normalized spacial score (nSPS) is 24.9. The van der Waals surface area contributed by atoms with Crippen LogP contribution in [0.2, 0.25) is 0 Å². The Hall–Kier alpha value is -2.60. The highest BCUT2D eigenvalue weighted by Gasteiger charge is 2.43. The number of aromatic amines is 1. The lowest BCUT2D eigenvalue weighted by molar-refractivity contribution is 0.0940. The lowest BCUT2D eigenvalue weighted by Crippen LogP contribution is -2.21. The second-order valence-electron chi connectivity index (χ2n) is 6.99. The fourth-order valence-corrected chi connectivity index (χ4v) is 4.26. The van der Waals surface area contributed by atoms with Crippen molar-refractivity contribution < 1.29 is 4.74 Å². The Morgan fingerprint density at radius 3 is 2.72 bits per heavy atom. The van der Waals surface area contributed by atoms with Gasteiger partial charge in [0, 0.05) is 18.8 Å². The molecule has 2 aromatic heterocycles. The van der Waals surface area contributed by atoms with Crippen molar-refractivity contribution in [1.29, 1.82) is 0 Å². The molecule has 0 spiro atoms. The number of fused-ring (bicyclic) bond motifs is 2. The van der Waals surface area contributed by atoms with Gasteiger partial charge in [-0.05, 0) is 19.3 Å². The molecule has 3 aromatic rings. The van der Waals surface area contributed by atoms with Crippen LogP contribution in [0.1, 0.15) is 25.3 Å². The average molecular weight is 336 g/mol. The summed E-state index contributed by atoms with van der Waals surface area (Å²) in [5.41, 5.74) is 3.31. The molecule has 2 saturated heterocycles. The van der Waals surface area contributed by atoms with Gasteiger partial charge in [-0.15, -0.1) is 0 Å². The molecule has 0 unspecified atom stereocenters. The molecule has 6 nitrogen and oxygen atoms in total. The smallest absolute Gasteiger partial charge is 0.273 e. The van der Waals surface area contributed by atoms with Crippen LogP contribution in [0.5, 0.6) is 0 Å². The zero-order valence-corrected chi connectivity index (χ0v) is 14.1. The van der Waals surface area contributed by atoms with E-state index in [0.29, 0.717) is 11.7 Å². The monoisotopic (exact) mass is 336 g/mol. The summed E-state index contributed by atoms with van der Waals surface area (Å²) in [7, 11) is 1.83. The van der Waals surface area contributed by atoms with Gasteiger partial charge in [0.2, 0.25) is 0 Å². The van der Waals surface area contributed by atoms with E-state index in [-0.39, 0.29) is 17.7 Å². The maximum Gasteiger partial charge on any atom is 0.273 e. The predicted molar refractivity (Wildman–Crippen MR) is 94.2 cm³/mol. The number of nitrogens with one attached hydrogen (secondary N) is 1. The van der Waals surface area contributed by atoms with Crippen molar-refractivity contribution in [3.63, 3.8) is 0 Å². The molecule has 2 bridgehead atoms. The van der Waals surface area contributed by atoms with E-state index in [1.807, 2.05) is 49.9 Å². The molecule has 0 amide bonds. The molecule has 2 aliphatic rings. The lowest BCUT2D eigenvalue weighted by Gasteiger charge is -2.22. The third-order valence-corrected chi connectivity index (χ3v) is 5.37. The van der Waals surface area contributed by atoms with E-state index in [4.69, 9.17) is 4.74 Å². The third-order valence-electron chi connectivity index (χ3n) is 5.37. The minimum Gasteiger partial charge on any atom is -0.373 e. The van der Waals surface area contributed by atoms with Gasteiger partial charge in [0.1, 0.15) is 0 Å². The number of H-pyrrole nitrogens is 1. The van der Waals surface area contributed by atoms with Gasteiger partial charge in [0.15, 0.2) is 0 Å². The first-order valence-electron chi connectivity index (χ1n) is 8.74. The van der Waals surface area contributed by atoms with Crippen molar-refractivity contribution in [1.82, 2.24) is 19.3 Å². The molecular formula is C19H20N4O2. The molecule has 0 saturated carbocycles. The standard InChI is InChI=1S/C19H20N4O2/c1-22-10-14(19(24)21-22)18-17(12-5-3-2-4-6-12)20-11-23(18)15-9-13-7-8-16(15)25-13/h2-6,10-11,13,15-16H,7-9H2,1H3,(H,21,24)/t13-,15+,16+/m0/s1. The highest BCUT2D eigenvalue weighted by molar-refractivity contribution is 5.78. The van der Waals surface area contributed by atoms with Crippen LogP contribution in [0, 0.1) is 0 Å². The number of hydrogen-bond donors (Lipinski definition) is 1. The quantitative estimate of drug-likeness (QED) is 0.800. The summed E-state index contributed by atoms with van der Waals surface area (Å²) in [5, 5.41) is 2.82. The second kappa shape index (κ2) is 5.46. The SMILES string of the molecule is Cn1cc(-c2c(-c3ccccc3)ncn2[C@@H]2C[C@@H]3CC[C@H]2O3)c(=O)[nH]1. The van der Waals surface area contributed by atoms with Crippen LogP contribution in [0.4, 0.5) is 0 Å². The summed E-state index contributed by atoms with van der Waals surface area (Å²) in [6, 6.07) is 10.3. The number of benzene rings is 1. The first-order valence-corrected chi connectivity index (χ1v) is 8.74. The average Bonchev–Trinajstić information content (AvgIpc) is 3.38. The third kappa shape index (κ3) is 2.28. The minimum atomic E-state index is -0.0921. The van der Waals surface area contributed by atoms with Crippen molar-refractivity contribution in [3.8, 4) is 22.5 Å². The summed E-state index contributed by atoms with van der Waals surface area (Å²) >= 11 is 0. The molecule has 5 rings (SSSR count). The van der Waals surface area contributed by atoms with Crippen LogP contribution in [0.25, 0.3) is 22.5 Å². The number of ether oxygens (including phenoxy) is 1. The molecule has 3 atom stereocenters. The van der Waals surface area contributed by atoms with Gasteiger partial charge in [-0.1, -0.05) is 30.3 Å². The van der Waals surface area contributed by atoms with Gasteiger partial charge in [-0.25, -0.2) is 4.98 Å². The largest absolute Gasteiger partial charge is 0.373 e. The maximum atomic E-state index is 12.5. The van der Waals surface area contributed by atoms with Gasteiger partial charge in [0.25, 0.3) is 5.56 Å². The summed E-state index contributed by atoms with van der Waals surface area (Å²) in [4.78, 5) is 17.2. The van der Waals surface area contributed by atoms with Crippen LogP contribution >= 0.6 is 0 Å². The molecule has 1 aromatic carbocycles. The fraction of sp³-hybridized carbons (Fsp3) is 0.368. The van der Waals surface area contributed by atoms with Gasteiger partial charge >= 0.3 is 0 Å². The van der Waals surface area contributed by atoms with Crippen molar-refractivity contribution in [2.75, 3.05) is 0 Å². The Morgan fingerprint density at radius 1 is 1.24 bits per heavy atom. The molecule has 4 heterocycles. The zero-order chi connectivity index (χ0) is 17.0. The van der Waals surface area contributed by atoms with Crippen molar-refractivity contribution in [3.05, 3.63) is 53.2 Å². The Morgan fingerprint density at radius 2 is 2.08 bits per heavy atom. The van der Waals surface area contributed by atoms with Crippen molar-refractivity contribution in [2.24, 2.45) is 7.05 Å². The minimum absolute atomic E-state index is 0.0921. The molecule has 1 N–H and O–H groups in total. The number of rotatable bonds is 3. The van der Waals surface area contributed by atoms with Gasteiger partial charge in [-0.3, -0.25) is 14.6 Å². The molecule has 2 fully saturated rings. The Bertz CT molecular complexity index is 969. The van der Waals surface area contributed by atoms with Crippen LogP contribution in [0.15, 0.2) is 47.7 Å². The van der Waals surface area contributed by atoms with Crippen molar-refractivity contribution in [2.45, 2.75) is 37.5 Å². The number of hydrogen-bond acceptors (Lipinski definition) is 3. The number of nitrogens with zero attached hydrogens (tertiary/aromatic N) is 3. The summed E-state index contributed by atoms with van der Waals surface area (Å²) in [5.74, 6) is 0. The van der Waals surface area contributed by atoms with E-state index in [1.54, 1.807) is 4.68 Å². The molecular weight excluding hydrogens is 316 g/mol. The number of aryl methyl sites for hydroxylation is 1. The molecule has 6 heteroatoms. The Balaban J connectivity index is 1.71. The molecule has 0 radical (unpaired) electrons. The maximum absolute atomic E-state index is 12.5. The van der Waals surface area contributed by atoms with Crippen molar-refractivity contribution >= 4 is 0 Å². The van der Waals surface area contributed by atoms with E-state index in [9.17, 15) is 4.79 Å². The Labute approximate surface area is 145 Å².